The number of hydrogen-bond donors (Lipinski definition) is 1. The van der Waals surface area contributed by atoms with Crippen LogP contribution in [0.1, 0.15) is 35.7 Å². The van der Waals surface area contributed by atoms with Gasteiger partial charge in [0.05, 0.1) is 6.61 Å². The number of fused-ring (bicyclic) bond motifs is 1. The predicted molar refractivity (Wildman–Crippen MR) is 84.6 cm³/mol. The van der Waals surface area contributed by atoms with Crippen molar-refractivity contribution in [3.05, 3.63) is 21.9 Å². The number of rotatable bonds is 3. The van der Waals surface area contributed by atoms with E-state index < -0.39 is 0 Å². The van der Waals surface area contributed by atoms with Crippen molar-refractivity contribution in [1.82, 2.24) is 10.2 Å². The minimum Gasteiger partial charge on any atom is -0.381 e. The number of amides is 1. The van der Waals surface area contributed by atoms with Crippen LogP contribution >= 0.6 is 11.3 Å². The third-order valence-corrected chi connectivity index (χ3v) is 5.55. The summed E-state index contributed by atoms with van der Waals surface area (Å²) in [5.74, 6) is 0.716. The highest BCUT2D eigenvalue weighted by molar-refractivity contribution is 7.10. The summed E-state index contributed by atoms with van der Waals surface area (Å²) in [6.45, 7) is 3.35. The molecule has 21 heavy (non-hydrogen) atoms. The van der Waals surface area contributed by atoms with Gasteiger partial charge in [0.1, 0.15) is 6.04 Å². The maximum atomic E-state index is 12.8. The lowest BCUT2D eigenvalue weighted by Crippen LogP contribution is -2.42. The molecule has 3 heterocycles. The van der Waals surface area contributed by atoms with Gasteiger partial charge in [-0.3, -0.25) is 4.79 Å². The Kier molecular flexibility index (Phi) is 4.93. The Bertz CT molecular complexity index is 480. The molecule has 0 bridgehead atoms. The number of nitrogens with zero attached hydrogens (tertiary/aromatic N) is 1. The molecule has 2 aliphatic rings. The zero-order valence-corrected chi connectivity index (χ0v) is 13.5. The van der Waals surface area contributed by atoms with Crippen molar-refractivity contribution in [3.8, 4) is 0 Å². The molecule has 1 aromatic rings. The van der Waals surface area contributed by atoms with Crippen molar-refractivity contribution in [2.45, 2.75) is 31.7 Å². The molecule has 0 aromatic carbocycles. The van der Waals surface area contributed by atoms with Crippen LogP contribution in [-0.4, -0.2) is 44.2 Å². The van der Waals surface area contributed by atoms with Crippen LogP contribution in [0.25, 0.3) is 0 Å². The summed E-state index contributed by atoms with van der Waals surface area (Å²) in [6.07, 6.45) is 4.52. The molecule has 1 saturated heterocycles. The van der Waals surface area contributed by atoms with E-state index in [4.69, 9.17) is 4.74 Å². The molecule has 2 atom stereocenters. The number of carbonyl (C=O) groups excluding carboxylic acids is 1. The van der Waals surface area contributed by atoms with Gasteiger partial charge >= 0.3 is 0 Å². The van der Waals surface area contributed by atoms with Crippen molar-refractivity contribution in [2.24, 2.45) is 5.92 Å². The third-order valence-electron chi connectivity index (χ3n) is 4.52. The first-order valence-electron chi connectivity index (χ1n) is 7.89. The van der Waals surface area contributed by atoms with E-state index in [0.717, 1.165) is 39.1 Å². The van der Waals surface area contributed by atoms with E-state index in [2.05, 4.69) is 16.8 Å². The quantitative estimate of drug-likeness (QED) is 0.931. The summed E-state index contributed by atoms with van der Waals surface area (Å²) in [4.78, 5) is 16.1. The average molecular weight is 308 g/mol. The van der Waals surface area contributed by atoms with Crippen LogP contribution in [0, 0.1) is 5.92 Å². The largest absolute Gasteiger partial charge is 0.381 e. The fourth-order valence-electron chi connectivity index (χ4n) is 3.33. The topological polar surface area (TPSA) is 41.6 Å². The van der Waals surface area contributed by atoms with Crippen LogP contribution in [0.4, 0.5) is 0 Å². The summed E-state index contributed by atoms with van der Waals surface area (Å²) in [7, 11) is 1.88. The minimum atomic E-state index is -0.172. The van der Waals surface area contributed by atoms with Crippen LogP contribution in [0.15, 0.2) is 11.4 Å². The van der Waals surface area contributed by atoms with E-state index in [1.54, 1.807) is 11.3 Å². The summed E-state index contributed by atoms with van der Waals surface area (Å²) in [5, 5.41) is 5.30. The fourth-order valence-corrected chi connectivity index (χ4v) is 4.38. The van der Waals surface area contributed by atoms with Crippen molar-refractivity contribution in [2.75, 3.05) is 33.4 Å². The first-order chi connectivity index (χ1) is 10.3. The Morgan fingerprint density at radius 2 is 2.38 bits per heavy atom. The molecule has 116 valence electrons. The molecule has 2 unspecified atom stereocenters. The molecule has 4 nitrogen and oxygen atoms in total. The molecule has 1 fully saturated rings. The van der Waals surface area contributed by atoms with Gasteiger partial charge in [-0.2, -0.15) is 0 Å². The van der Waals surface area contributed by atoms with Crippen molar-refractivity contribution in [3.63, 3.8) is 0 Å². The monoisotopic (exact) mass is 308 g/mol. The summed E-state index contributed by atoms with van der Waals surface area (Å²) >= 11 is 1.69. The number of likely N-dealkylation sites (N-methyl/N-ethyl adjacent to an activating group) is 1. The molecule has 0 spiro atoms. The Balaban J connectivity index is 1.71. The molecule has 0 aliphatic carbocycles. The molecule has 1 aromatic heterocycles. The van der Waals surface area contributed by atoms with E-state index in [-0.39, 0.29) is 11.9 Å². The van der Waals surface area contributed by atoms with Gasteiger partial charge in [0.2, 0.25) is 5.91 Å². The van der Waals surface area contributed by atoms with Crippen LogP contribution in [0.5, 0.6) is 0 Å². The molecular weight excluding hydrogens is 284 g/mol. The first kappa shape index (κ1) is 15.0. The van der Waals surface area contributed by atoms with Gasteiger partial charge in [-0.15, -0.1) is 11.3 Å². The number of carbonyl (C=O) groups is 1. The van der Waals surface area contributed by atoms with Gasteiger partial charge in [0.25, 0.3) is 0 Å². The van der Waals surface area contributed by atoms with Crippen molar-refractivity contribution in [1.29, 1.82) is 0 Å². The molecule has 0 saturated carbocycles. The summed E-state index contributed by atoms with van der Waals surface area (Å²) in [5.41, 5.74) is 1.33. The Hall–Kier alpha value is -0.910. The zero-order valence-electron chi connectivity index (χ0n) is 12.6. The Labute approximate surface area is 130 Å². The van der Waals surface area contributed by atoms with E-state index in [1.165, 1.54) is 23.3 Å². The van der Waals surface area contributed by atoms with Crippen LogP contribution in [0.3, 0.4) is 0 Å². The molecule has 1 N–H and O–H groups in total. The second-order valence-corrected chi connectivity index (χ2v) is 6.95. The minimum absolute atomic E-state index is 0.172. The van der Waals surface area contributed by atoms with Crippen LogP contribution in [0.2, 0.25) is 0 Å². The first-order valence-corrected chi connectivity index (χ1v) is 8.77. The van der Waals surface area contributed by atoms with Gasteiger partial charge in [-0.05, 0) is 49.2 Å². The lowest BCUT2D eigenvalue weighted by Gasteiger charge is -2.28. The van der Waals surface area contributed by atoms with Gasteiger partial charge in [0.15, 0.2) is 0 Å². The van der Waals surface area contributed by atoms with Crippen LogP contribution in [-0.2, 0) is 16.0 Å². The van der Waals surface area contributed by atoms with Gasteiger partial charge in [-0.1, -0.05) is 6.42 Å². The van der Waals surface area contributed by atoms with Crippen LogP contribution < -0.4 is 5.32 Å². The Morgan fingerprint density at radius 1 is 1.48 bits per heavy atom. The van der Waals surface area contributed by atoms with E-state index in [9.17, 15) is 4.79 Å². The molecule has 3 rings (SSSR count). The molecule has 2 aliphatic heterocycles. The highest BCUT2D eigenvalue weighted by Crippen LogP contribution is 2.30. The standard InChI is InChI=1S/C16H24N2O2S/c1-17-14-15-13(6-9-21-15)5-7-18(16(14)19)10-12-4-2-3-8-20-11-12/h6,9,12,14,17H,2-5,7-8,10-11H2,1H3. The van der Waals surface area contributed by atoms with E-state index >= 15 is 0 Å². The van der Waals surface area contributed by atoms with Gasteiger partial charge in [0, 0.05) is 24.6 Å². The smallest absolute Gasteiger partial charge is 0.245 e. The lowest BCUT2D eigenvalue weighted by molar-refractivity contribution is -0.134. The number of hydrogen-bond acceptors (Lipinski definition) is 4. The van der Waals surface area contributed by atoms with Gasteiger partial charge < -0.3 is 15.0 Å². The Morgan fingerprint density at radius 3 is 3.24 bits per heavy atom. The average Bonchev–Trinajstić information content (AvgIpc) is 2.73. The maximum absolute atomic E-state index is 12.8. The predicted octanol–water partition coefficient (Wildman–Crippen LogP) is 2.21. The molecule has 5 heteroatoms. The molecular formula is C16H24N2O2S. The van der Waals surface area contributed by atoms with E-state index in [1.807, 2.05) is 11.9 Å². The number of nitrogens with one attached hydrogen (secondary N) is 1. The number of ether oxygens (including phenoxy) is 1. The highest BCUT2D eigenvalue weighted by atomic mass is 32.1. The number of thiophene rings is 1. The second-order valence-electron chi connectivity index (χ2n) is 6.00. The van der Waals surface area contributed by atoms with E-state index in [0.29, 0.717) is 5.92 Å². The molecule has 0 radical (unpaired) electrons. The van der Waals surface area contributed by atoms with Crippen molar-refractivity contribution >= 4 is 17.2 Å². The lowest BCUT2D eigenvalue weighted by atomic mass is 10.0. The second kappa shape index (κ2) is 6.90. The SMILES string of the molecule is CNC1C(=O)N(CC2CCCCOC2)CCc2ccsc21. The summed E-state index contributed by atoms with van der Waals surface area (Å²) < 4.78 is 5.66. The fraction of sp³-hybridized carbons (Fsp3) is 0.688. The maximum Gasteiger partial charge on any atom is 0.245 e. The molecule has 1 amide bonds. The highest BCUT2D eigenvalue weighted by Gasteiger charge is 2.32. The van der Waals surface area contributed by atoms with Gasteiger partial charge in [-0.25, -0.2) is 0 Å². The normalized spacial score (nSPS) is 27.1. The summed E-state index contributed by atoms with van der Waals surface area (Å²) in [6, 6.07) is 1.99. The third kappa shape index (κ3) is 3.30. The zero-order chi connectivity index (χ0) is 14.7. The van der Waals surface area contributed by atoms with Crippen molar-refractivity contribution < 1.29 is 9.53 Å².